The molecule has 0 spiro atoms. The molecule has 0 fully saturated rings. The van der Waals surface area contributed by atoms with E-state index in [2.05, 4.69) is 5.32 Å². The molecule has 0 atom stereocenters. The zero-order valence-electron chi connectivity index (χ0n) is 17.4. The van der Waals surface area contributed by atoms with Crippen LogP contribution < -0.4 is 10.9 Å². The standard InChI is InChI=1S/C25H21Cl2N3O2/c1-2-6-23-29-22-12-11-18(28-24(31)19-9-3-4-10-21(19)27)14-20(22)25(32)30(23)15-16-7-5-8-17(26)13-16/h3-5,7-14H,2,6,15H2,1H3,(H,28,31). The molecule has 0 aliphatic carbocycles. The van der Waals surface area contributed by atoms with Gasteiger partial charge in [-0.25, -0.2) is 4.98 Å². The number of aryl methyl sites for hydroxylation is 1. The second-order valence-corrected chi connectivity index (χ2v) is 8.31. The molecule has 32 heavy (non-hydrogen) atoms. The van der Waals surface area contributed by atoms with Gasteiger partial charge in [0.15, 0.2) is 0 Å². The maximum absolute atomic E-state index is 13.4. The summed E-state index contributed by atoms with van der Waals surface area (Å²) in [4.78, 5) is 30.8. The van der Waals surface area contributed by atoms with Crippen molar-refractivity contribution in [1.82, 2.24) is 9.55 Å². The highest BCUT2D eigenvalue weighted by molar-refractivity contribution is 6.34. The van der Waals surface area contributed by atoms with Crippen LogP contribution in [0.3, 0.4) is 0 Å². The Labute approximate surface area is 195 Å². The Kier molecular flexibility index (Phi) is 6.58. The number of fused-ring (bicyclic) bond motifs is 1. The van der Waals surface area contributed by atoms with E-state index in [0.717, 1.165) is 17.8 Å². The van der Waals surface area contributed by atoms with E-state index in [0.29, 0.717) is 45.2 Å². The normalized spacial score (nSPS) is 11.0. The fraction of sp³-hybridized carbons (Fsp3) is 0.160. The minimum absolute atomic E-state index is 0.160. The van der Waals surface area contributed by atoms with Crippen LogP contribution in [0, 0.1) is 0 Å². The second-order valence-electron chi connectivity index (χ2n) is 7.47. The van der Waals surface area contributed by atoms with E-state index >= 15 is 0 Å². The Balaban J connectivity index is 1.74. The van der Waals surface area contributed by atoms with Gasteiger partial charge in [-0.15, -0.1) is 0 Å². The Morgan fingerprint density at radius 3 is 2.59 bits per heavy atom. The Hall–Kier alpha value is -3.15. The van der Waals surface area contributed by atoms with Crippen LogP contribution in [0.15, 0.2) is 71.5 Å². The third kappa shape index (κ3) is 4.69. The minimum atomic E-state index is -0.343. The van der Waals surface area contributed by atoms with Gasteiger partial charge in [-0.1, -0.05) is 54.4 Å². The SMILES string of the molecule is CCCc1nc2ccc(NC(=O)c3ccccc3Cl)cc2c(=O)n1Cc1cccc(Cl)c1. The van der Waals surface area contributed by atoms with Crippen LogP contribution in [0.4, 0.5) is 5.69 Å². The van der Waals surface area contributed by atoms with Gasteiger partial charge in [-0.2, -0.15) is 0 Å². The zero-order valence-corrected chi connectivity index (χ0v) is 19.0. The largest absolute Gasteiger partial charge is 0.322 e. The van der Waals surface area contributed by atoms with Gasteiger partial charge in [-0.05, 0) is 54.4 Å². The van der Waals surface area contributed by atoms with Gasteiger partial charge in [0, 0.05) is 17.1 Å². The number of anilines is 1. The average Bonchev–Trinajstić information content (AvgIpc) is 2.77. The van der Waals surface area contributed by atoms with Gasteiger partial charge in [-0.3, -0.25) is 14.2 Å². The van der Waals surface area contributed by atoms with Crippen LogP contribution in [0.25, 0.3) is 10.9 Å². The number of nitrogens with zero attached hydrogens (tertiary/aromatic N) is 2. The predicted octanol–water partition coefficient (Wildman–Crippen LogP) is 5.96. The fourth-order valence-corrected chi connectivity index (χ4v) is 4.02. The van der Waals surface area contributed by atoms with E-state index < -0.39 is 0 Å². The number of rotatable bonds is 6. The molecule has 4 rings (SSSR count). The summed E-state index contributed by atoms with van der Waals surface area (Å²) in [7, 11) is 0. The highest BCUT2D eigenvalue weighted by Gasteiger charge is 2.14. The lowest BCUT2D eigenvalue weighted by molar-refractivity contribution is 0.102. The number of aromatic nitrogens is 2. The van der Waals surface area contributed by atoms with E-state index in [1.807, 2.05) is 25.1 Å². The van der Waals surface area contributed by atoms with E-state index in [-0.39, 0.29) is 11.5 Å². The molecule has 0 bridgehead atoms. The highest BCUT2D eigenvalue weighted by atomic mass is 35.5. The van der Waals surface area contributed by atoms with E-state index in [1.54, 1.807) is 53.1 Å². The summed E-state index contributed by atoms with van der Waals surface area (Å²) in [6, 6.07) is 19.4. The van der Waals surface area contributed by atoms with Crippen molar-refractivity contribution in [2.45, 2.75) is 26.3 Å². The lowest BCUT2D eigenvalue weighted by Crippen LogP contribution is -2.26. The maximum atomic E-state index is 13.4. The highest BCUT2D eigenvalue weighted by Crippen LogP contribution is 2.20. The summed E-state index contributed by atoms with van der Waals surface area (Å²) >= 11 is 12.3. The molecule has 0 aliphatic rings. The molecule has 1 aromatic heterocycles. The first-order valence-corrected chi connectivity index (χ1v) is 11.1. The fourth-order valence-electron chi connectivity index (χ4n) is 3.58. The van der Waals surface area contributed by atoms with E-state index in [4.69, 9.17) is 28.2 Å². The summed E-state index contributed by atoms with van der Waals surface area (Å²) in [6.45, 7) is 2.42. The molecule has 4 aromatic rings. The third-order valence-corrected chi connectivity index (χ3v) is 5.68. The molecule has 162 valence electrons. The molecule has 5 nitrogen and oxygen atoms in total. The van der Waals surface area contributed by atoms with Crippen LogP contribution in [-0.4, -0.2) is 15.5 Å². The van der Waals surface area contributed by atoms with Crippen molar-refractivity contribution in [2.24, 2.45) is 0 Å². The van der Waals surface area contributed by atoms with Crippen LogP contribution in [-0.2, 0) is 13.0 Å². The van der Waals surface area contributed by atoms with E-state index in [1.165, 1.54) is 0 Å². The predicted molar refractivity (Wildman–Crippen MR) is 130 cm³/mol. The van der Waals surface area contributed by atoms with Crippen LogP contribution in [0.1, 0.15) is 35.1 Å². The van der Waals surface area contributed by atoms with Crippen molar-refractivity contribution in [2.75, 3.05) is 5.32 Å². The smallest absolute Gasteiger partial charge is 0.261 e. The molecule has 0 radical (unpaired) electrons. The molecule has 0 unspecified atom stereocenters. The van der Waals surface area contributed by atoms with Crippen LogP contribution in [0.2, 0.25) is 10.0 Å². The number of hydrogen-bond donors (Lipinski definition) is 1. The van der Waals surface area contributed by atoms with Gasteiger partial charge < -0.3 is 5.32 Å². The number of halogens is 2. The van der Waals surface area contributed by atoms with Crippen molar-refractivity contribution >= 4 is 45.7 Å². The van der Waals surface area contributed by atoms with Gasteiger partial charge in [0.1, 0.15) is 5.82 Å². The maximum Gasteiger partial charge on any atom is 0.261 e. The number of amides is 1. The number of carbonyl (C=O) groups is 1. The van der Waals surface area contributed by atoms with Crippen molar-refractivity contribution in [3.05, 3.63) is 104 Å². The van der Waals surface area contributed by atoms with Crippen molar-refractivity contribution in [3.63, 3.8) is 0 Å². The molecular formula is C25H21Cl2N3O2. The van der Waals surface area contributed by atoms with Crippen molar-refractivity contribution in [1.29, 1.82) is 0 Å². The molecule has 1 heterocycles. The first kappa shape index (κ1) is 22.1. The summed E-state index contributed by atoms with van der Waals surface area (Å²) in [5.41, 5.74) is 2.22. The Bertz CT molecular complexity index is 1370. The minimum Gasteiger partial charge on any atom is -0.322 e. The molecule has 1 amide bonds. The molecule has 3 aromatic carbocycles. The Morgan fingerprint density at radius 2 is 1.84 bits per heavy atom. The molecular weight excluding hydrogens is 445 g/mol. The van der Waals surface area contributed by atoms with Crippen LogP contribution >= 0.6 is 23.2 Å². The number of carbonyl (C=O) groups excluding carboxylic acids is 1. The van der Waals surface area contributed by atoms with Gasteiger partial charge in [0.25, 0.3) is 11.5 Å². The van der Waals surface area contributed by atoms with E-state index in [9.17, 15) is 9.59 Å². The third-order valence-electron chi connectivity index (χ3n) is 5.11. The zero-order chi connectivity index (χ0) is 22.7. The molecule has 0 saturated carbocycles. The molecule has 1 N–H and O–H groups in total. The lowest BCUT2D eigenvalue weighted by atomic mass is 10.1. The number of benzene rings is 3. The monoisotopic (exact) mass is 465 g/mol. The summed E-state index contributed by atoms with van der Waals surface area (Å²) < 4.78 is 1.68. The molecule has 7 heteroatoms. The first-order chi connectivity index (χ1) is 15.5. The van der Waals surface area contributed by atoms with Gasteiger partial charge in [0.2, 0.25) is 0 Å². The van der Waals surface area contributed by atoms with Crippen molar-refractivity contribution < 1.29 is 4.79 Å². The topological polar surface area (TPSA) is 64.0 Å². The quantitative estimate of drug-likeness (QED) is 0.382. The number of hydrogen-bond acceptors (Lipinski definition) is 3. The van der Waals surface area contributed by atoms with Crippen molar-refractivity contribution in [3.8, 4) is 0 Å². The summed E-state index contributed by atoms with van der Waals surface area (Å²) in [6.07, 6.45) is 1.54. The lowest BCUT2D eigenvalue weighted by Gasteiger charge is -2.14. The molecule has 0 aliphatic heterocycles. The van der Waals surface area contributed by atoms with Crippen LogP contribution in [0.5, 0.6) is 0 Å². The van der Waals surface area contributed by atoms with Gasteiger partial charge >= 0.3 is 0 Å². The molecule has 0 saturated heterocycles. The summed E-state index contributed by atoms with van der Waals surface area (Å²) in [5.74, 6) is 0.377. The first-order valence-electron chi connectivity index (χ1n) is 10.3. The Morgan fingerprint density at radius 1 is 1.03 bits per heavy atom. The second kappa shape index (κ2) is 9.55. The number of nitrogens with one attached hydrogen (secondary N) is 1. The average molecular weight is 466 g/mol. The van der Waals surface area contributed by atoms with Gasteiger partial charge in [0.05, 0.1) is 28.0 Å². The summed E-state index contributed by atoms with van der Waals surface area (Å²) in [5, 5.41) is 4.23.